The fourth-order valence-electron chi connectivity index (χ4n) is 2.06. The van der Waals surface area contributed by atoms with E-state index in [2.05, 4.69) is 17.2 Å². The molecule has 2 atom stereocenters. The van der Waals surface area contributed by atoms with Crippen molar-refractivity contribution < 1.29 is 9.59 Å². The number of nitrogens with two attached hydrogens (primary N) is 2. The van der Waals surface area contributed by atoms with Crippen LogP contribution >= 0.6 is 12.4 Å². The summed E-state index contributed by atoms with van der Waals surface area (Å²) in [5, 5.41) is 3.17. The van der Waals surface area contributed by atoms with Gasteiger partial charge in [0.15, 0.2) is 0 Å². The second-order valence-electron chi connectivity index (χ2n) is 5.21. The number of rotatable bonds is 2. The van der Waals surface area contributed by atoms with Crippen LogP contribution in [0.25, 0.3) is 0 Å². The van der Waals surface area contributed by atoms with Gasteiger partial charge in [-0.1, -0.05) is 6.92 Å². The average Bonchev–Trinajstić information content (AvgIpc) is 2.39. The molecule has 6 nitrogen and oxygen atoms in total. The highest BCUT2D eigenvalue weighted by atomic mass is 35.5. The molecule has 1 aromatic heterocycles. The zero-order valence-electron chi connectivity index (χ0n) is 12.3. The summed E-state index contributed by atoms with van der Waals surface area (Å²) in [6, 6.07) is 1.70. The number of amides is 2. The highest BCUT2D eigenvalue weighted by Crippen LogP contribution is 2.14. The molecule has 21 heavy (non-hydrogen) atoms. The van der Waals surface area contributed by atoms with E-state index in [4.69, 9.17) is 11.5 Å². The molecule has 1 saturated heterocycles. The fraction of sp³-hybridized carbons (Fsp3) is 0.500. The molecule has 0 saturated carbocycles. The summed E-state index contributed by atoms with van der Waals surface area (Å²) < 4.78 is 0. The van der Waals surface area contributed by atoms with Crippen LogP contribution in [0.1, 0.15) is 29.3 Å². The number of nitrogens with one attached hydrogen (secondary N) is 1. The van der Waals surface area contributed by atoms with Gasteiger partial charge >= 0.3 is 0 Å². The zero-order chi connectivity index (χ0) is 15.1. The van der Waals surface area contributed by atoms with Crippen LogP contribution in [-0.4, -0.2) is 29.9 Å². The summed E-state index contributed by atoms with van der Waals surface area (Å²) >= 11 is 0. The molecule has 0 unspecified atom stereocenters. The van der Waals surface area contributed by atoms with Crippen LogP contribution in [-0.2, 0) is 4.79 Å². The van der Waals surface area contributed by atoms with Gasteiger partial charge in [-0.3, -0.25) is 14.6 Å². The van der Waals surface area contributed by atoms with Crippen LogP contribution in [0.15, 0.2) is 18.5 Å². The van der Waals surface area contributed by atoms with Crippen LogP contribution in [0.4, 0.5) is 0 Å². The first-order valence-electron chi connectivity index (χ1n) is 6.61. The van der Waals surface area contributed by atoms with Gasteiger partial charge in [0.25, 0.3) is 0 Å². The van der Waals surface area contributed by atoms with E-state index in [9.17, 15) is 9.59 Å². The minimum atomic E-state index is -0.434. The number of pyridine rings is 1. The zero-order valence-corrected chi connectivity index (χ0v) is 13.2. The monoisotopic (exact) mass is 314 g/mol. The van der Waals surface area contributed by atoms with E-state index >= 15 is 0 Å². The van der Waals surface area contributed by atoms with E-state index in [1.807, 2.05) is 6.92 Å². The largest absolute Gasteiger partial charge is 0.369 e. The van der Waals surface area contributed by atoms with Crippen molar-refractivity contribution in [1.82, 2.24) is 10.3 Å². The van der Waals surface area contributed by atoms with Gasteiger partial charge in [0.2, 0.25) is 11.8 Å². The first-order chi connectivity index (χ1) is 9.40. The van der Waals surface area contributed by atoms with E-state index < -0.39 is 5.91 Å². The molecule has 1 aromatic rings. The Balaban J connectivity index is 0.000000364. The molecule has 118 valence electrons. The Labute approximate surface area is 131 Å². The Hall–Kier alpha value is -1.66. The fourth-order valence-corrected chi connectivity index (χ4v) is 2.06. The van der Waals surface area contributed by atoms with Gasteiger partial charge in [0.05, 0.1) is 11.5 Å². The molecule has 1 fully saturated rings. The van der Waals surface area contributed by atoms with Gasteiger partial charge < -0.3 is 16.8 Å². The molecule has 0 radical (unpaired) electrons. The lowest BCUT2D eigenvalue weighted by atomic mass is 9.91. The van der Waals surface area contributed by atoms with Gasteiger partial charge in [0, 0.05) is 18.9 Å². The molecule has 5 N–H and O–H groups in total. The number of hydrogen-bond donors (Lipinski definition) is 3. The third-order valence-corrected chi connectivity index (χ3v) is 3.13. The van der Waals surface area contributed by atoms with Crippen LogP contribution < -0.4 is 16.8 Å². The third-order valence-electron chi connectivity index (χ3n) is 3.13. The van der Waals surface area contributed by atoms with Crippen molar-refractivity contribution in [1.29, 1.82) is 0 Å². The number of piperidine rings is 1. The maximum Gasteiger partial charge on any atom is 0.250 e. The lowest BCUT2D eigenvalue weighted by molar-refractivity contribution is -0.122. The molecule has 2 amide bonds. The predicted octanol–water partition coefficient (Wildman–Crippen LogP) is 0.628. The number of hydrogen-bond acceptors (Lipinski definition) is 4. The Morgan fingerprint density at radius 2 is 1.95 bits per heavy atom. The maximum atomic E-state index is 10.7. The van der Waals surface area contributed by atoms with E-state index in [-0.39, 0.29) is 24.2 Å². The maximum absolute atomic E-state index is 10.7. The summed E-state index contributed by atoms with van der Waals surface area (Å²) in [6.07, 6.45) is 4.07. The molecule has 7 heteroatoms. The van der Waals surface area contributed by atoms with Gasteiger partial charge in [-0.25, -0.2) is 0 Å². The first-order valence-corrected chi connectivity index (χ1v) is 6.61. The number of aromatic nitrogens is 1. The summed E-state index contributed by atoms with van der Waals surface area (Å²) in [6.45, 7) is 5.77. The van der Waals surface area contributed by atoms with E-state index in [0.717, 1.165) is 25.1 Å². The molecular formula is C14H23ClN4O2. The van der Waals surface area contributed by atoms with Crippen molar-refractivity contribution in [3.63, 3.8) is 0 Å². The second-order valence-corrected chi connectivity index (χ2v) is 5.21. The molecule has 1 aliphatic rings. The van der Waals surface area contributed by atoms with Crippen molar-refractivity contribution in [2.45, 2.75) is 20.3 Å². The lowest BCUT2D eigenvalue weighted by Crippen LogP contribution is -2.41. The topological polar surface area (TPSA) is 111 Å². The summed E-state index contributed by atoms with van der Waals surface area (Å²) in [4.78, 5) is 25.0. The van der Waals surface area contributed by atoms with Gasteiger partial charge in [-0.05, 0) is 37.4 Å². The number of halogens is 1. The average molecular weight is 315 g/mol. The van der Waals surface area contributed by atoms with Crippen molar-refractivity contribution in [3.05, 3.63) is 29.6 Å². The number of nitrogens with zero attached hydrogens (tertiary/aromatic N) is 1. The predicted molar refractivity (Wildman–Crippen MR) is 84.1 cm³/mol. The normalized spacial score (nSPS) is 20.5. The summed E-state index contributed by atoms with van der Waals surface area (Å²) in [7, 11) is 0. The Morgan fingerprint density at radius 3 is 2.33 bits per heavy atom. The summed E-state index contributed by atoms with van der Waals surface area (Å²) in [5.74, 6) is 0.0465. The standard InChI is InChI=1S/C7H14N2O.C7H8N2O.ClH/c2*1-5-2-6(7(8)10)4-9-3-5;/h5-6,9H,2-4H2,1H3,(H2,8,10);2-4H,1H3,(H2,8,10);1H/t5-,6-;;/m0../s1. The Morgan fingerprint density at radius 1 is 1.29 bits per heavy atom. The molecular weight excluding hydrogens is 292 g/mol. The molecule has 2 heterocycles. The Bertz CT molecular complexity index is 482. The van der Waals surface area contributed by atoms with E-state index in [1.54, 1.807) is 12.3 Å². The SMILES string of the molecule is C[C@@H]1CNC[C@@H](C(N)=O)C1.Cc1cncc(C(N)=O)c1.Cl. The highest BCUT2D eigenvalue weighted by molar-refractivity contribution is 5.92. The number of aryl methyl sites for hydroxylation is 1. The molecule has 0 bridgehead atoms. The minimum Gasteiger partial charge on any atom is -0.369 e. The molecule has 0 aliphatic carbocycles. The summed E-state index contributed by atoms with van der Waals surface area (Å²) in [5.41, 5.74) is 11.6. The van der Waals surface area contributed by atoms with Crippen molar-refractivity contribution >= 4 is 24.2 Å². The molecule has 0 aromatic carbocycles. The van der Waals surface area contributed by atoms with Crippen LogP contribution in [0, 0.1) is 18.8 Å². The molecule has 0 spiro atoms. The third kappa shape index (κ3) is 7.06. The van der Waals surface area contributed by atoms with E-state index in [1.165, 1.54) is 6.20 Å². The number of carbonyl (C=O) groups is 2. The highest BCUT2D eigenvalue weighted by Gasteiger charge is 2.22. The van der Waals surface area contributed by atoms with Crippen molar-refractivity contribution in [2.24, 2.45) is 23.3 Å². The van der Waals surface area contributed by atoms with Crippen LogP contribution in [0.5, 0.6) is 0 Å². The molecule has 2 rings (SSSR count). The Kier molecular flexibility index (Phi) is 8.57. The van der Waals surface area contributed by atoms with Crippen LogP contribution in [0.3, 0.4) is 0 Å². The van der Waals surface area contributed by atoms with Gasteiger partial charge in [-0.2, -0.15) is 0 Å². The lowest BCUT2D eigenvalue weighted by Gasteiger charge is -2.25. The minimum absolute atomic E-state index is 0. The van der Waals surface area contributed by atoms with Gasteiger partial charge in [0.1, 0.15) is 0 Å². The first kappa shape index (κ1) is 19.3. The number of primary amides is 2. The second kappa shape index (κ2) is 9.31. The van der Waals surface area contributed by atoms with Crippen molar-refractivity contribution in [3.8, 4) is 0 Å². The van der Waals surface area contributed by atoms with Gasteiger partial charge in [-0.15, -0.1) is 12.4 Å². The van der Waals surface area contributed by atoms with E-state index in [0.29, 0.717) is 11.5 Å². The smallest absolute Gasteiger partial charge is 0.250 e. The number of carbonyl (C=O) groups excluding carboxylic acids is 2. The van der Waals surface area contributed by atoms with Crippen LogP contribution in [0.2, 0.25) is 0 Å². The van der Waals surface area contributed by atoms with Crippen molar-refractivity contribution in [2.75, 3.05) is 13.1 Å². The molecule has 1 aliphatic heterocycles. The quantitative estimate of drug-likeness (QED) is 0.743.